The summed E-state index contributed by atoms with van der Waals surface area (Å²) in [5.74, 6) is 0.612. The van der Waals surface area contributed by atoms with Crippen molar-refractivity contribution >= 4 is 11.6 Å². The molecule has 0 spiro atoms. The van der Waals surface area contributed by atoms with Crippen molar-refractivity contribution in [3.63, 3.8) is 0 Å². The fourth-order valence-corrected chi connectivity index (χ4v) is 2.78. The lowest BCUT2D eigenvalue weighted by Crippen LogP contribution is -2.13. The highest BCUT2D eigenvalue weighted by Crippen LogP contribution is 2.22. The molecule has 0 amide bonds. The smallest absolute Gasteiger partial charge is 0.327 e. The zero-order valence-electron chi connectivity index (χ0n) is 12.8. The van der Waals surface area contributed by atoms with Crippen molar-refractivity contribution in [1.29, 1.82) is 0 Å². The number of rotatable bonds is 3. The van der Waals surface area contributed by atoms with Gasteiger partial charge in [0.15, 0.2) is 5.82 Å². The van der Waals surface area contributed by atoms with Crippen molar-refractivity contribution in [3.8, 4) is 17.2 Å². The van der Waals surface area contributed by atoms with E-state index in [9.17, 15) is 4.79 Å². The molecule has 0 unspecified atom stereocenters. The van der Waals surface area contributed by atoms with Gasteiger partial charge >= 0.3 is 5.69 Å². The van der Waals surface area contributed by atoms with Crippen LogP contribution in [0.3, 0.4) is 0 Å². The molecule has 2 aliphatic heterocycles. The average Bonchev–Trinajstić information content (AvgIpc) is 3.12. The van der Waals surface area contributed by atoms with E-state index in [-0.39, 0.29) is 5.69 Å². The number of aromatic nitrogens is 6. The number of nitrogens with zero attached hydrogens (tertiary/aromatic N) is 6. The summed E-state index contributed by atoms with van der Waals surface area (Å²) >= 11 is 5.82. The Bertz CT molecular complexity index is 1030. The summed E-state index contributed by atoms with van der Waals surface area (Å²) in [6.45, 7) is 0.547. The predicted octanol–water partition coefficient (Wildman–Crippen LogP) is 1.97. The van der Waals surface area contributed by atoms with Gasteiger partial charge in [-0.05, 0) is 23.8 Å². The minimum Gasteiger partial charge on any atom is -0.327 e. The Morgan fingerprint density at radius 3 is 2.79 bits per heavy atom. The van der Waals surface area contributed by atoms with Gasteiger partial charge in [-0.15, -0.1) is 0 Å². The fraction of sp³-hybridized carbons (Fsp3) is 0.125. The van der Waals surface area contributed by atoms with Gasteiger partial charge < -0.3 is 4.57 Å². The molecule has 0 aliphatic carbocycles. The molecule has 120 valence electrons. The molecule has 0 radical (unpaired) electrons. The van der Waals surface area contributed by atoms with Crippen LogP contribution < -0.4 is 5.69 Å². The van der Waals surface area contributed by atoms with Gasteiger partial charge in [0, 0.05) is 25.6 Å². The fourth-order valence-electron chi connectivity index (χ4n) is 2.67. The lowest BCUT2D eigenvalue weighted by Gasteiger charge is -2.12. The van der Waals surface area contributed by atoms with Gasteiger partial charge in [0.05, 0.1) is 24.1 Å². The van der Waals surface area contributed by atoms with Gasteiger partial charge in [-0.25, -0.2) is 9.78 Å². The zero-order chi connectivity index (χ0) is 16.7. The summed E-state index contributed by atoms with van der Waals surface area (Å²) in [5, 5.41) is 4.57. The first-order valence-corrected chi connectivity index (χ1v) is 7.67. The van der Waals surface area contributed by atoms with Gasteiger partial charge in [0.2, 0.25) is 0 Å². The van der Waals surface area contributed by atoms with Crippen LogP contribution in [-0.2, 0) is 13.6 Å². The monoisotopic (exact) mass is 340 g/mol. The molecule has 24 heavy (non-hydrogen) atoms. The average molecular weight is 341 g/mol. The number of halogens is 1. The summed E-state index contributed by atoms with van der Waals surface area (Å²) < 4.78 is 5.12. The standard InChI is InChI=1S/C16H13ClN6O/c1-21-10-12(8-19-21)23-13-3-2-6-22(15(13)20-16(23)24)9-11-4-5-14(17)18-7-11/h2-8,10H,9H2,1H3. The lowest BCUT2D eigenvalue weighted by atomic mass is 10.2. The summed E-state index contributed by atoms with van der Waals surface area (Å²) in [6.07, 6.45) is 7.02. The molecule has 2 aliphatic rings. The maximum absolute atomic E-state index is 12.4. The number of fused-ring (bicyclic) bond motifs is 1. The normalized spacial score (nSPS) is 11.2. The molecule has 0 saturated heterocycles. The van der Waals surface area contributed by atoms with Crippen molar-refractivity contribution < 1.29 is 0 Å². The number of imidazole rings is 1. The maximum atomic E-state index is 12.4. The van der Waals surface area contributed by atoms with E-state index in [0.717, 1.165) is 11.3 Å². The Kier molecular flexibility index (Phi) is 3.42. The van der Waals surface area contributed by atoms with Crippen LogP contribution in [0.2, 0.25) is 5.15 Å². The molecular formula is C16H13ClN6O. The summed E-state index contributed by atoms with van der Waals surface area (Å²) in [6, 6.07) is 7.40. The minimum atomic E-state index is -0.327. The van der Waals surface area contributed by atoms with Gasteiger partial charge in [-0.2, -0.15) is 10.1 Å². The molecule has 2 aromatic heterocycles. The highest BCUT2D eigenvalue weighted by Gasteiger charge is 2.19. The summed E-state index contributed by atoms with van der Waals surface area (Å²) in [7, 11) is 1.81. The molecule has 0 bridgehead atoms. The van der Waals surface area contributed by atoms with Crippen molar-refractivity contribution in [2.45, 2.75) is 6.54 Å². The van der Waals surface area contributed by atoms with Crippen molar-refractivity contribution in [2.75, 3.05) is 0 Å². The van der Waals surface area contributed by atoms with Gasteiger partial charge in [-0.1, -0.05) is 17.7 Å². The number of hydrogen-bond acceptors (Lipinski definition) is 4. The Morgan fingerprint density at radius 2 is 2.08 bits per heavy atom. The van der Waals surface area contributed by atoms with Gasteiger partial charge in [0.25, 0.3) is 0 Å². The van der Waals surface area contributed by atoms with E-state index in [0.29, 0.717) is 23.2 Å². The number of pyridine rings is 2. The molecule has 0 saturated carbocycles. The highest BCUT2D eigenvalue weighted by molar-refractivity contribution is 6.29. The zero-order valence-corrected chi connectivity index (χ0v) is 13.6. The first-order valence-electron chi connectivity index (χ1n) is 7.29. The SMILES string of the molecule is Cn1cc(-n2c3cccn(Cc4ccc(Cl)nc4)c-3nc2=O)cn1. The van der Waals surface area contributed by atoms with Crippen molar-refractivity contribution in [1.82, 2.24) is 28.9 Å². The largest absolute Gasteiger partial charge is 0.354 e. The minimum absolute atomic E-state index is 0.327. The van der Waals surface area contributed by atoms with E-state index in [4.69, 9.17) is 11.6 Å². The van der Waals surface area contributed by atoms with Crippen LogP contribution in [0.15, 0.2) is 53.8 Å². The first kappa shape index (κ1) is 14.6. The molecule has 8 heteroatoms. The second kappa shape index (κ2) is 5.61. The molecule has 0 fully saturated rings. The van der Waals surface area contributed by atoms with E-state index in [2.05, 4.69) is 15.1 Å². The highest BCUT2D eigenvalue weighted by atomic mass is 35.5. The van der Waals surface area contributed by atoms with E-state index in [1.54, 1.807) is 41.0 Å². The van der Waals surface area contributed by atoms with Crippen molar-refractivity contribution in [3.05, 3.63) is 70.3 Å². The van der Waals surface area contributed by atoms with Crippen LogP contribution in [0.5, 0.6) is 0 Å². The summed E-state index contributed by atoms with van der Waals surface area (Å²) in [5.41, 5.74) is 2.07. The second-order valence-corrected chi connectivity index (χ2v) is 5.82. The van der Waals surface area contributed by atoms with Crippen LogP contribution in [-0.4, -0.2) is 28.9 Å². The van der Waals surface area contributed by atoms with Crippen LogP contribution in [0.25, 0.3) is 17.2 Å². The van der Waals surface area contributed by atoms with Crippen molar-refractivity contribution in [2.24, 2.45) is 7.05 Å². The quantitative estimate of drug-likeness (QED) is 0.535. The first-order chi connectivity index (χ1) is 11.6. The molecule has 0 N–H and O–H groups in total. The van der Waals surface area contributed by atoms with Crippen LogP contribution >= 0.6 is 11.6 Å². The molecule has 0 aromatic carbocycles. The third-order valence-electron chi connectivity index (χ3n) is 3.75. The molecule has 7 nitrogen and oxygen atoms in total. The Hall–Kier alpha value is -2.93. The predicted molar refractivity (Wildman–Crippen MR) is 89.6 cm³/mol. The van der Waals surface area contributed by atoms with Crippen LogP contribution in [0.1, 0.15) is 5.56 Å². The Labute approximate surface area is 142 Å². The van der Waals surface area contributed by atoms with E-state index >= 15 is 0 Å². The molecular weight excluding hydrogens is 328 g/mol. The van der Waals surface area contributed by atoms with Crippen LogP contribution in [0, 0.1) is 0 Å². The third kappa shape index (κ3) is 2.48. The second-order valence-electron chi connectivity index (χ2n) is 5.44. The lowest BCUT2D eigenvalue weighted by molar-refractivity contribution is 0.767. The van der Waals surface area contributed by atoms with E-state index in [1.807, 2.05) is 29.0 Å². The summed E-state index contributed by atoms with van der Waals surface area (Å²) in [4.78, 5) is 20.7. The topological polar surface area (TPSA) is 70.5 Å². The Balaban J connectivity index is 1.78. The molecule has 4 rings (SSSR count). The molecule has 2 aromatic rings. The third-order valence-corrected chi connectivity index (χ3v) is 3.97. The number of aryl methyl sites for hydroxylation is 1. The van der Waals surface area contributed by atoms with Crippen LogP contribution in [0.4, 0.5) is 0 Å². The molecule has 4 heterocycles. The Morgan fingerprint density at radius 1 is 1.21 bits per heavy atom. The number of hydrogen-bond donors (Lipinski definition) is 0. The van der Waals surface area contributed by atoms with E-state index in [1.165, 1.54) is 0 Å². The van der Waals surface area contributed by atoms with Gasteiger partial charge in [-0.3, -0.25) is 9.25 Å². The van der Waals surface area contributed by atoms with Gasteiger partial charge in [0.1, 0.15) is 5.15 Å². The van der Waals surface area contributed by atoms with E-state index < -0.39 is 0 Å². The maximum Gasteiger partial charge on any atom is 0.354 e. The molecule has 0 atom stereocenters.